The average molecular weight is 352 g/mol. The van der Waals surface area contributed by atoms with Crippen molar-refractivity contribution in [3.63, 3.8) is 0 Å². The number of carbonyl (C=O) groups is 2. The van der Waals surface area contributed by atoms with E-state index in [0.717, 1.165) is 21.9 Å². The summed E-state index contributed by atoms with van der Waals surface area (Å²) in [6, 6.07) is 13.2. The monoisotopic (exact) mass is 352 g/mol. The summed E-state index contributed by atoms with van der Waals surface area (Å²) in [6.07, 6.45) is 2.58. The van der Waals surface area contributed by atoms with Crippen molar-refractivity contribution in [1.82, 2.24) is 5.32 Å². The fourth-order valence-corrected chi connectivity index (χ4v) is 3.64. The number of urea groups is 1. The molecule has 0 aliphatic heterocycles. The largest absolute Gasteiger partial charge is 0.481 e. The van der Waals surface area contributed by atoms with Crippen LogP contribution in [0.3, 0.4) is 0 Å². The van der Waals surface area contributed by atoms with Crippen LogP contribution in [0.4, 0.5) is 10.5 Å². The number of carbonyl (C=O) groups excluding carboxylic acids is 1. The summed E-state index contributed by atoms with van der Waals surface area (Å²) in [4.78, 5) is 23.2. The first kappa shape index (κ1) is 16.4. The van der Waals surface area contributed by atoms with E-state index in [0.29, 0.717) is 31.4 Å². The third-order valence-corrected chi connectivity index (χ3v) is 5.05. The van der Waals surface area contributed by atoms with Gasteiger partial charge >= 0.3 is 12.0 Å². The zero-order valence-corrected chi connectivity index (χ0v) is 14.2. The minimum absolute atomic E-state index is 0.0144. The Morgan fingerprint density at radius 3 is 2.46 bits per heavy atom. The predicted octanol–water partition coefficient (Wildman–Crippen LogP) is 4.35. The molecule has 0 unspecified atom stereocenters. The number of aliphatic carboxylic acids is 1. The van der Waals surface area contributed by atoms with E-state index in [4.69, 9.17) is 9.52 Å². The molecule has 0 radical (unpaired) electrons. The number of hydrogen-bond acceptors (Lipinski definition) is 3. The lowest BCUT2D eigenvalue weighted by Gasteiger charge is -2.26. The number of hydrogen-bond donors (Lipinski definition) is 3. The molecule has 1 saturated carbocycles. The van der Waals surface area contributed by atoms with Crippen LogP contribution in [0.1, 0.15) is 25.7 Å². The molecule has 0 bridgehead atoms. The first-order valence-corrected chi connectivity index (χ1v) is 8.82. The quantitative estimate of drug-likeness (QED) is 0.653. The van der Waals surface area contributed by atoms with Crippen LogP contribution < -0.4 is 10.6 Å². The van der Waals surface area contributed by atoms with Crippen molar-refractivity contribution in [3.05, 3.63) is 42.5 Å². The maximum Gasteiger partial charge on any atom is 0.319 e. The van der Waals surface area contributed by atoms with Crippen molar-refractivity contribution < 1.29 is 19.1 Å². The zero-order valence-electron chi connectivity index (χ0n) is 14.2. The summed E-state index contributed by atoms with van der Waals surface area (Å²) < 4.78 is 5.83. The van der Waals surface area contributed by atoms with Gasteiger partial charge in [-0.25, -0.2) is 4.79 Å². The Hall–Kier alpha value is -3.02. The fourth-order valence-electron chi connectivity index (χ4n) is 3.64. The van der Waals surface area contributed by atoms with Gasteiger partial charge in [0.15, 0.2) is 0 Å². The first-order chi connectivity index (χ1) is 12.6. The Morgan fingerprint density at radius 1 is 0.962 bits per heavy atom. The lowest BCUT2D eigenvalue weighted by molar-refractivity contribution is -0.142. The lowest BCUT2D eigenvalue weighted by atomic mass is 9.86. The van der Waals surface area contributed by atoms with E-state index < -0.39 is 5.97 Å². The van der Waals surface area contributed by atoms with E-state index in [1.165, 1.54) is 0 Å². The third-order valence-electron chi connectivity index (χ3n) is 5.05. The summed E-state index contributed by atoms with van der Waals surface area (Å²) in [5.74, 6) is -1.03. The van der Waals surface area contributed by atoms with E-state index in [9.17, 15) is 9.59 Å². The molecule has 1 fully saturated rings. The van der Waals surface area contributed by atoms with Crippen molar-refractivity contribution in [2.75, 3.05) is 5.32 Å². The minimum atomic E-state index is -0.743. The number of rotatable bonds is 3. The molecule has 0 saturated heterocycles. The summed E-state index contributed by atoms with van der Waals surface area (Å²) in [5, 5.41) is 16.9. The van der Waals surface area contributed by atoms with Crippen LogP contribution in [0.15, 0.2) is 46.9 Å². The van der Waals surface area contributed by atoms with Gasteiger partial charge in [0.2, 0.25) is 0 Å². The molecule has 4 rings (SSSR count). The SMILES string of the molecule is O=C(Nc1ccc2c(c1)oc1ccccc12)NC1CCC(C(=O)O)CC1. The molecule has 6 nitrogen and oxygen atoms in total. The Morgan fingerprint density at radius 2 is 1.69 bits per heavy atom. The van der Waals surface area contributed by atoms with E-state index in [1.807, 2.05) is 42.5 Å². The van der Waals surface area contributed by atoms with Gasteiger partial charge in [-0.05, 0) is 43.9 Å². The van der Waals surface area contributed by atoms with Crippen LogP contribution in [0.5, 0.6) is 0 Å². The molecule has 0 spiro atoms. The maximum atomic E-state index is 12.2. The van der Waals surface area contributed by atoms with Crippen LogP contribution in [0.2, 0.25) is 0 Å². The normalized spacial score (nSPS) is 20.2. The number of nitrogens with one attached hydrogen (secondary N) is 2. The number of amides is 2. The number of benzene rings is 2. The topological polar surface area (TPSA) is 91.6 Å². The molecule has 3 N–H and O–H groups in total. The highest BCUT2D eigenvalue weighted by atomic mass is 16.4. The van der Waals surface area contributed by atoms with Crippen LogP contribution in [-0.2, 0) is 4.79 Å². The summed E-state index contributed by atoms with van der Waals surface area (Å²) in [5.41, 5.74) is 2.21. The van der Waals surface area contributed by atoms with Crippen molar-refractivity contribution in [1.29, 1.82) is 0 Å². The molecular formula is C20H20N2O4. The molecule has 26 heavy (non-hydrogen) atoms. The van der Waals surface area contributed by atoms with E-state index in [-0.39, 0.29) is 18.0 Å². The van der Waals surface area contributed by atoms with Gasteiger partial charge < -0.3 is 20.2 Å². The average Bonchev–Trinajstić information content (AvgIpc) is 2.99. The molecule has 2 aromatic carbocycles. The fraction of sp³-hybridized carbons (Fsp3) is 0.300. The van der Waals surface area contributed by atoms with Crippen LogP contribution >= 0.6 is 0 Å². The second kappa shape index (κ2) is 6.71. The standard InChI is InChI=1S/C20H20N2O4/c23-19(24)12-5-7-13(8-6-12)21-20(25)22-14-9-10-16-15-3-1-2-4-17(15)26-18(16)11-14/h1-4,9-13H,5-8H2,(H,23,24)(H2,21,22,25). The Bertz CT molecular complexity index is 970. The number of carboxylic acid groups (broad SMARTS) is 1. The Balaban J connectivity index is 1.41. The second-order valence-electron chi connectivity index (χ2n) is 6.79. The second-order valence-corrected chi connectivity index (χ2v) is 6.79. The van der Waals surface area contributed by atoms with E-state index >= 15 is 0 Å². The van der Waals surface area contributed by atoms with Gasteiger partial charge in [0.1, 0.15) is 11.2 Å². The van der Waals surface area contributed by atoms with Crippen molar-refractivity contribution in [3.8, 4) is 0 Å². The molecule has 0 atom stereocenters. The van der Waals surface area contributed by atoms with Crippen molar-refractivity contribution in [2.45, 2.75) is 31.7 Å². The lowest BCUT2D eigenvalue weighted by Crippen LogP contribution is -2.40. The summed E-state index contributed by atoms with van der Waals surface area (Å²) in [6.45, 7) is 0. The number of furan rings is 1. The molecule has 1 heterocycles. The Kier molecular flexibility index (Phi) is 4.24. The predicted molar refractivity (Wildman–Crippen MR) is 99.3 cm³/mol. The molecule has 2 amide bonds. The van der Waals surface area contributed by atoms with Crippen molar-refractivity contribution >= 4 is 39.6 Å². The van der Waals surface area contributed by atoms with Gasteiger partial charge in [0.25, 0.3) is 0 Å². The van der Waals surface area contributed by atoms with Crippen LogP contribution in [-0.4, -0.2) is 23.1 Å². The van der Waals surface area contributed by atoms with Gasteiger partial charge in [-0.1, -0.05) is 18.2 Å². The maximum absolute atomic E-state index is 12.2. The third kappa shape index (κ3) is 3.22. The molecule has 1 aliphatic carbocycles. The number of anilines is 1. The van der Waals surface area contributed by atoms with Crippen LogP contribution in [0.25, 0.3) is 21.9 Å². The minimum Gasteiger partial charge on any atom is -0.481 e. The molecule has 6 heteroatoms. The van der Waals surface area contributed by atoms with Gasteiger partial charge in [-0.3, -0.25) is 4.79 Å². The van der Waals surface area contributed by atoms with E-state index in [2.05, 4.69) is 10.6 Å². The smallest absolute Gasteiger partial charge is 0.319 e. The van der Waals surface area contributed by atoms with Crippen molar-refractivity contribution in [2.24, 2.45) is 5.92 Å². The van der Waals surface area contributed by atoms with Gasteiger partial charge in [0.05, 0.1) is 5.92 Å². The molecule has 1 aliphatic rings. The molecular weight excluding hydrogens is 332 g/mol. The van der Waals surface area contributed by atoms with Gasteiger partial charge in [-0.15, -0.1) is 0 Å². The van der Waals surface area contributed by atoms with Gasteiger partial charge in [-0.2, -0.15) is 0 Å². The summed E-state index contributed by atoms with van der Waals surface area (Å²) >= 11 is 0. The van der Waals surface area contributed by atoms with E-state index in [1.54, 1.807) is 0 Å². The first-order valence-electron chi connectivity index (χ1n) is 8.82. The summed E-state index contributed by atoms with van der Waals surface area (Å²) in [7, 11) is 0. The number of carboxylic acids is 1. The number of para-hydroxylation sites is 1. The highest BCUT2D eigenvalue weighted by Gasteiger charge is 2.26. The number of fused-ring (bicyclic) bond motifs is 3. The Labute approximate surface area is 150 Å². The highest BCUT2D eigenvalue weighted by molar-refractivity contribution is 6.06. The highest BCUT2D eigenvalue weighted by Crippen LogP contribution is 2.30. The molecule has 134 valence electrons. The zero-order chi connectivity index (χ0) is 18.1. The molecule has 1 aromatic heterocycles. The molecule has 3 aromatic rings. The van der Waals surface area contributed by atoms with Gasteiger partial charge in [0, 0.05) is 28.6 Å². The van der Waals surface area contributed by atoms with Crippen LogP contribution in [0, 0.1) is 5.92 Å².